The van der Waals surface area contributed by atoms with E-state index in [1.54, 1.807) is 11.3 Å². The highest BCUT2D eigenvalue weighted by Crippen LogP contribution is 2.38. The monoisotopic (exact) mass is 412 g/mol. The van der Waals surface area contributed by atoms with E-state index >= 15 is 0 Å². The van der Waals surface area contributed by atoms with Crippen LogP contribution in [-0.4, -0.2) is 51.7 Å². The van der Waals surface area contributed by atoms with Gasteiger partial charge in [0.15, 0.2) is 0 Å². The second-order valence-electron chi connectivity index (χ2n) is 7.26. The molecule has 0 aliphatic carbocycles. The number of thiophene rings is 1. The third-order valence-corrected chi connectivity index (χ3v) is 7.41. The van der Waals surface area contributed by atoms with Gasteiger partial charge in [0.25, 0.3) is 0 Å². The van der Waals surface area contributed by atoms with Gasteiger partial charge < -0.3 is 5.32 Å². The second kappa shape index (κ2) is 8.42. The predicted molar refractivity (Wildman–Crippen MR) is 110 cm³/mol. The number of halogens is 1. The molecule has 0 atom stereocenters. The number of hydrogen-bond acceptors (Lipinski definition) is 6. The summed E-state index contributed by atoms with van der Waals surface area (Å²) in [6, 6.07) is 0. The molecule has 1 aliphatic heterocycles. The van der Waals surface area contributed by atoms with Gasteiger partial charge in [0.2, 0.25) is 5.91 Å². The van der Waals surface area contributed by atoms with Gasteiger partial charge in [-0.3, -0.25) is 9.69 Å². The average molecular weight is 413 g/mol. The Bertz CT molecular complexity index is 787. The van der Waals surface area contributed by atoms with Crippen molar-refractivity contribution < 1.29 is 4.79 Å². The first-order valence-electron chi connectivity index (χ1n) is 8.92. The lowest BCUT2D eigenvalue weighted by molar-refractivity contribution is -0.119. The normalized spacial score (nSPS) is 16.2. The summed E-state index contributed by atoms with van der Waals surface area (Å²) in [7, 11) is 0. The van der Waals surface area contributed by atoms with Crippen LogP contribution in [0.15, 0.2) is 11.4 Å². The van der Waals surface area contributed by atoms with Gasteiger partial charge in [-0.2, -0.15) is 0 Å². The van der Waals surface area contributed by atoms with E-state index in [4.69, 9.17) is 11.6 Å². The maximum Gasteiger partial charge on any atom is 0.230 e. The third kappa shape index (κ3) is 4.50. The zero-order chi connectivity index (χ0) is 18.7. The van der Waals surface area contributed by atoms with E-state index in [-0.39, 0.29) is 11.4 Å². The molecule has 0 spiro atoms. The number of carbonyl (C=O) groups excluding carboxylic acids is 1. The van der Waals surface area contributed by atoms with Crippen LogP contribution in [0.25, 0.3) is 10.2 Å². The minimum atomic E-state index is -0.0172. The number of aryl methyl sites for hydroxylation is 1. The van der Waals surface area contributed by atoms with Crippen molar-refractivity contribution in [3.63, 3.8) is 0 Å². The molecule has 1 aliphatic rings. The second-order valence-corrected chi connectivity index (χ2v) is 9.80. The van der Waals surface area contributed by atoms with Crippen molar-refractivity contribution in [2.45, 2.75) is 50.6 Å². The highest BCUT2D eigenvalue weighted by atomic mass is 35.5. The molecule has 0 saturated carbocycles. The van der Waals surface area contributed by atoms with Gasteiger partial charge in [-0.1, -0.05) is 29.8 Å². The lowest BCUT2D eigenvalue weighted by atomic mass is 9.98. The summed E-state index contributed by atoms with van der Waals surface area (Å²) in [5.41, 5.74) is -0.0172. The first-order valence-corrected chi connectivity index (χ1v) is 11.1. The first kappa shape index (κ1) is 19.9. The van der Waals surface area contributed by atoms with Crippen LogP contribution < -0.4 is 5.32 Å². The number of likely N-dealkylation sites (tertiary alicyclic amines) is 1. The fourth-order valence-electron chi connectivity index (χ4n) is 3.21. The molecule has 5 nitrogen and oxygen atoms in total. The van der Waals surface area contributed by atoms with Crippen molar-refractivity contribution in [3.8, 4) is 0 Å². The van der Waals surface area contributed by atoms with Crippen molar-refractivity contribution in [1.29, 1.82) is 0 Å². The van der Waals surface area contributed by atoms with Crippen molar-refractivity contribution in [1.82, 2.24) is 20.2 Å². The number of thioether (sulfide) groups is 1. The Morgan fingerprint density at radius 1 is 1.35 bits per heavy atom. The Kier molecular flexibility index (Phi) is 6.43. The van der Waals surface area contributed by atoms with E-state index < -0.39 is 0 Å². The largest absolute Gasteiger partial charge is 0.354 e. The molecule has 0 unspecified atom stereocenters. The van der Waals surface area contributed by atoms with Crippen LogP contribution in [0.2, 0.25) is 5.02 Å². The van der Waals surface area contributed by atoms with Crippen LogP contribution in [0.1, 0.15) is 38.0 Å². The van der Waals surface area contributed by atoms with Crippen LogP contribution >= 0.6 is 34.7 Å². The predicted octanol–water partition coefficient (Wildman–Crippen LogP) is 4.13. The Labute approximate surface area is 167 Å². The summed E-state index contributed by atoms with van der Waals surface area (Å²) in [4.78, 5) is 25.3. The fraction of sp³-hybridized carbons (Fsp3) is 0.611. The SMILES string of the molecule is Cc1sc2ncnc(SCC(=O)NCC(C)(C)N3CCCCC3)c2c1Cl. The summed E-state index contributed by atoms with van der Waals surface area (Å²) >= 11 is 9.35. The van der Waals surface area contributed by atoms with Gasteiger partial charge in [0, 0.05) is 17.0 Å². The van der Waals surface area contributed by atoms with Crippen LogP contribution in [-0.2, 0) is 4.79 Å². The van der Waals surface area contributed by atoms with Crippen molar-refractivity contribution in [3.05, 3.63) is 16.2 Å². The minimum Gasteiger partial charge on any atom is -0.354 e. The summed E-state index contributed by atoms with van der Waals surface area (Å²) in [5, 5.41) is 5.41. The van der Waals surface area contributed by atoms with Crippen LogP contribution in [0.5, 0.6) is 0 Å². The molecule has 1 amide bonds. The highest BCUT2D eigenvalue weighted by Gasteiger charge is 2.28. The van der Waals surface area contributed by atoms with E-state index in [1.165, 1.54) is 37.4 Å². The summed E-state index contributed by atoms with van der Waals surface area (Å²) in [6.07, 6.45) is 5.34. The van der Waals surface area contributed by atoms with E-state index in [1.807, 2.05) is 6.92 Å². The Hall–Kier alpha value is -0.890. The summed E-state index contributed by atoms with van der Waals surface area (Å²) in [6.45, 7) is 9.27. The van der Waals surface area contributed by atoms with Crippen LogP contribution in [0.3, 0.4) is 0 Å². The molecule has 0 aromatic carbocycles. The molecular weight excluding hydrogens is 388 g/mol. The summed E-state index contributed by atoms with van der Waals surface area (Å²) < 4.78 is 0. The van der Waals surface area contributed by atoms with E-state index in [0.717, 1.165) is 33.2 Å². The van der Waals surface area contributed by atoms with Crippen LogP contribution in [0.4, 0.5) is 0 Å². The lowest BCUT2D eigenvalue weighted by Gasteiger charge is -2.41. The topological polar surface area (TPSA) is 58.1 Å². The lowest BCUT2D eigenvalue weighted by Crippen LogP contribution is -2.53. The van der Waals surface area contributed by atoms with Crippen LogP contribution in [0, 0.1) is 6.92 Å². The first-order chi connectivity index (χ1) is 12.4. The van der Waals surface area contributed by atoms with Crippen molar-refractivity contribution in [2.75, 3.05) is 25.4 Å². The number of carbonyl (C=O) groups is 1. The van der Waals surface area contributed by atoms with Gasteiger partial charge in [0.05, 0.1) is 16.2 Å². The van der Waals surface area contributed by atoms with Gasteiger partial charge in [0.1, 0.15) is 16.2 Å². The van der Waals surface area contributed by atoms with Gasteiger partial charge in [-0.05, 0) is 46.7 Å². The number of rotatable bonds is 6. The molecule has 1 fully saturated rings. The number of aromatic nitrogens is 2. The molecule has 0 bridgehead atoms. The zero-order valence-electron chi connectivity index (χ0n) is 15.5. The number of nitrogens with one attached hydrogen (secondary N) is 1. The van der Waals surface area contributed by atoms with Crippen molar-refractivity contribution >= 4 is 50.8 Å². The van der Waals surface area contributed by atoms with E-state index in [0.29, 0.717) is 17.3 Å². The number of piperidine rings is 1. The molecular formula is C18H25ClN4OS2. The number of nitrogens with zero attached hydrogens (tertiary/aromatic N) is 3. The van der Waals surface area contributed by atoms with E-state index in [9.17, 15) is 4.79 Å². The molecule has 2 aromatic heterocycles. The smallest absolute Gasteiger partial charge is 0.230 e. The zero-order valence-corrected chi connectivity index (χ0v) is 17.9. The maximum absolute atomic E-state index is 12.3. The Morgan fingerprint density at radius 2 is 2.08 bits per heavy atom. The highest BCUT2D eigenvalue weighted by molar-refractivity contribution is 8.00. The average Bonchev–Trinajstić information content (AvgIpc) is 2.94. The molecule has 8 heteroatoms. The van der Waals surface area contributed by atoms with Gasteiger partial charge in [-0.15, -0.1) is 11.3 Å². The molecule has 3 heterocycles. The molecule has 1 N–H and O–H groups in total. The number of amides is 1. The van der Waals surface area contributed by atoms with Gasteiger partial charge >= 0.3 is 0 Å². The van der Waals surface area contributed by atoms with E-state index in [2.05, 4.69) is 34.0 Å². The molecule has 1 saturated heterocycles. The third-order valence-electron chi connectivity index (χ3n) is 4.83. The Morgan fingerprint density at radius 3 is 2.81 bits per heavy atom. The van der Waals surface area contributed by atoms with Gasteiger partial charge in [-0.25, -0.2) is 9.97 Å². The molecule has 2 aromatic rings. The standard InChI is InChI=1S/C18H25ClN4OS2/c1-12-15(19)14-16(21-11-22-17(14)26-12)25-9-13(24)20-10-18(2,3)23-7-5-4-6-8-23/h11H,4-10H2,1-3H3,(H,20,24). The minimum absolute atomic E-state index is 0.0172. The number of fused-ring (bicyclic) bond motifs is 1. The quantitative estimate of drug-likeness (QED) is 0.571. The number of hydrogen-bond donors (Lipinski definition) is 1. The fourth-order valence-corrected chi connectivity index (χ4v) is 5.39. The van der Waals surface area contributed by atoms with Crippen molar-refractivity contribution in [2.24, 2.45) is 0 Å². The molecule has 26 heavy (non-hydrogen) atoms. The molecule has 0 radical (unpaired) electrons. The maximum atomic E-state index is 12.3. The molecule has 142 valence electrons. The molecule has 3 rings (SSSR count). The summed E-state index contributed by atoms with van der Waals surface area (Å²) in [5.74, 6) is 0.350. The Balaban J connectivity index is 1.56.